The highest BCUT2D eigenvalue weighted by molar-refractivity contribution is 7.90. The number of hydrogen-bond donors (Lipinski definition) is 0. The molecule has 0 N–H and O–H groups in total. The van der Waals surface area contributed by atoms with Gasteiger partial charge < -0.3 is 0 Å². The van der Waals surface area contributed by atoms with Crippen LogP contribution in [0.1, 0.15) is 27.7 Å². The fourth-order valence-electron chi connectivity index (χ4n) is 0.205. The summed E-state index contributed by atoms with van der Waals surface area (Å²) in [5.41, 5.74) is -0.650. The van der Waals surface area contributed by atoms with E-state index in [0.717, 1.165) is 0 Å². The van der Waals surface area contributed by atoms with Crippen molar-refractivity contribution in [1.29, 1.82) is 0 Å². The van der Waals surface area contributed by atoms with Gasteiger partial charge in [0, 0.05) is 0 Å². The normalized spacial score (nSPS) is 13.0. The first-order chi connectivity index (χ1) is 5.15. The molecule has 0 heterocycles. The van der Waals surface area contributed by atoms with Crippen molar-refractivity contribution >= 4 is 10.1 Å². The summed E-state index contributed by atoms with van der Waals surface area (Å²) in [4.78, 5) is 4.53. The second-order valence-corrected chi connectivity index (χ2v) is 5.16. The van der Waals surface area contributed by atoms with Crippen molar-refractivity contribution in [3.8, 4) is 0 Å². The Bertz CT molecular complexity index is 258. The lowest BCUT2D eigenvalue weighted by Crippen LogP contribution is -2.22. The van der Waals surface area contributed by atoms with Crippen molar-refractivity contribution in [2.75, 3.05) is 0 Å². The van der Waals surface area contributed by atoms with Crippen molar-refractivity contribution in [1.82, 2.24) is 0 Å². The molecule has 0 aromatic rings. The molecule has 5 heteroatoms. The average molecular weight is 194 g/mol. The molecule has 0 rings (SSSR count). The maximum absolute atomic E-state index is 10.9. The molecule has 4 nitrogen and oxygen atoms in total. The van der Waals surface area contributed by atoms with Crippen LogP contribution in [0.3, 0.4) is 0 Å². The van der Waals surface area contributed by atoms with Gasteiger partial charge in [-0.25, -0.2) is 4.89 Å². The first kappa shape index (κ1) is 11.6. The van der Waals surface area contributed by atoms with Crippen molar-refractivity contribution in [3.05, 3.63) is 11.5 Å². The Hall–Kier alpha value is -0.390. The molecular weight excluding hydrogens is 180 g/mol. The van der Waals surface area contributed by atoms with E-state index in [1.807, 2.05) is 0 Å². The molecule has 0 radical (unpaired) electrons. The topological polar surface area (TPSA) is 52.6 Å². The summed E-state index contributed by atoms with van der Waals surface area (Å²) < 4.78 is 26.1. The van der Waals surface area contributed by atoms with Crippen LogP contribution in [0.4, 0.5) is 0 Å². The number of hydrogen-bond acceptors (Lipinski definition) is 4. The van der Waals surface area contributed by atoms with Crippen LogP contribution in [0.25, 0.3) is 0 Å². The fourth-order valence-corrected chi connectivity index (χ4v) is 0.615. The van der Waals surface area contributed by atoms with Gasteiger partial charge in [0.05, 0.1) is 10.5 Å². The highest BCUT2D eigenvalue weighted by Crippen LogP contribution is 2.13. The van der Waals surface area contributed by atoms with Crippen molar-refractivity contribution in [2.45, 2.75) is 33.3 Å². The van der Waals surface area contributed by atoms with Crippen LogP contribution in [0.5, 0.6) is 0 Å². The highest BCUT2D eigenvalue weighted by Gasteiger charge is 2.19. The minimum atomic E-state index is -3.75. The molecule has 0 saturated carbocycles. The average Bonchev–Trinajstić information content (AvgIpc) is 1.82. The van der Waals surface area contributed by atoms with E-state index in [1.165, 1.54) is 6.92 Å². The minimum Gasteiger partial charge on any atom is -0.214 e. The Morgan fingerprint density at radius 2 is 1.75 bits per heavy atom. The summed E-state index contributed by atoms with van der Waals surface area (Å²) in [6, 6.07) is 0. The molecule has 0 bridgehead atoms. The van der Waals surface area contributed by atoms with Gasteiger partial charge in [-0.1, -0.05) is 6.58 Å². The molecule has 0 aliphatic heterocycles. The van der Waals surface area contributed by atoms with E-state index in [0.29, 0.717) is 0 Å². The maximum atomic E-state index is 10.9. The minimum absolute atomic E-state index is 0.0771. The zero-order chi connectivity index (χ0) is 9.99. The van der Waals surface area contributed by atoms with Gasteiger partial charge in [0.2, 0.25) is 0 Å². The number of rotatable bonds is 3. The third-order valence-electron chi connectivity index (χ3n) is 0.800. The van der Waals surface area contributed by atoms with Gasteiger partial charge in [0.15, 0.2) is 0 Å². The smallest absolute Gasteiger partial charge is 0.214 e. The van der Waals surface area contributed by atoms with Crippen molar-refractivity contribution < 1.29 is 17.6 Å². The zero-order valence-electron chi connectivity index (χ0n) is 7.75. The molecule has 12 heavy (non-hydrogen) atoms. The lowest BCUT2D eigenvalue weighted by Gasteiger charge is -2.16. The standard InChI is InChI=1S/C7H14O4S/c1-6(2)12(8,9)11-10-7(3,4)5/h1H2,2-5H3. The van der Waals surface area contributed by atoms with E-state index in [1.54, 1.807) is 20.8 Å². The molecular formula is C7H14O4S. The van der Waals surface area contributed by atoms with Crippen molar-refractivity contribution in [3.63, 3.8) is 0 Å². The van der Waals surface area contributed by atoms with Crippen LogP contribution < -0.4 is 0 Å². The summed E-state index contributed by atoms with van der Waals surface area (Å²) in [5.74, 6) is 0. The van der Waals surface area contributed by atoms with Crippen LogP contribution in [0.2, 0.25) is 0 Å². The van der Waals surface area contributed by atoms with Crippen molar-refractivity contribution in [2.24, 2.45) is 0 Å². The summed E-state index contributed by atoms with van der Waals surface area (Å²) >= 11 is 0. The summed E-state index contributed by atoms with van der Waals surface area (Å²) in [7, 11) is -3.75. The largest absolute Gasteiger partial charge is 0.318 e. The second-order valence-electron chi connectivity index (χ2n) is 3.42. The van der Waals surface area contributed by atoms with Gasteiger partial charge >= 0.3 is 10.1 Å². The van der Waals surface area contributed by atoms with Gasteiger partial charge in [-0.2, -0.15) is 8.42 Å². The Kier molecular flexibility index (Phi) is 3.44. The molecule has 72 valence electrons. The lowest BCUT2D eigenvalue weighted by atomic mass is 10.2. The molecule has 0 amide bonds. The monoisotopic (exact) mass is 194 g/mol. The summed E-state index contributed by atoms with van der Waals surface area (Å²) in [5, 5.41) is 0. The highest BCUT2D eigenvalue weighted by atomic mass is 32.2. The van der Waals surface area contributed by atoms with Gasteiger partial charge in [-0.15, -0.1) is 4.33 Å². The van der Waals surface area contributed by atoms with E-state index < -0.39 is 15.7 Å². The second kappa shape index (κ2) is 3.55. The predicted octanol–water partition coefficient (Wildman–Crippen LogP) is 1.60. The third-order valence-corrected chi connectivity index (χ3v) is 1.90. The zero-order valence-corrected chi connectivity index (χ0v) is 8.56. The molecule has 0 aliphatic rings. The molecule has 0 spiro atoms. The van der Waals surface area contributed by atoms with E-state index in [9.17, 15) is 8.42 Å². The summed E-state index contributed by atoms with van der Waals surface area (Å²) in [6.45, 7) is 9.61. The van der Waals surface area contributed by atoms with E-state index >= 15 is 0 Å². The number of allylic oxidation sites excluding steroid dienone is 1. The van der Waals surface area contributed by atoms with E-state index in [4.69, 9.17) is 0 Å². The lowest BCUT2D eigenvalue weighted by molar-refractivity contribution is -0.270. The Morgan fingerprint density at radius 3 is 2.00 bits per heavy atom. The summed E-state index contributed by atoms with van der Waals surface area (Å²) in [6.07, 6.45) is 0. The van der Waals surface area contributed by atoms with Gasteiger partial charge in [0.1, 0.15) is 0 Å². The van der Waals surface area contributed by atoms with Gasteiger partial charge in [0.25, 0.3) is 0 Å². The Morgan fingerprint density at radius 1 is 1.33 bits per heavy atom. The predicted molar refractivity (Wildman–Crippen MR) is 45.7 cm³/mol. The van der Waals surface area contributed by atoms with Gasteiger partial charge in [-0.05, 0) is 27.7 Å². The van der Waals surface area contributed by atoms with Crippen LogP contribution in [0, 0.1) is 0 Å². The molecule has 0 saturated heterocycles. The maximum Gasteiger partial charge on any atom is 0.318 e. The first-order valence-electron chi connectivity index (χ1n) is 3.43. The Labute approximate surface area is 73.2 Å². The van der Waals surface area contributed by atoms with E-state index in [-0.39, 0.29) is 4.91 Å². The molecule has 0 aromatic carbocycles. The van der Waals surface area contributed by atoms with Crippen LogP contribution in [0.15, 0.2) is 11.5 Å². The van der Waals surface area contributed by atoms with Crippen LogP contribution >= 0.6 is 0 Å². The molecule has 0 unspecified atom stereocenters. The molecule has 0 fully saturated rings. The molecule has 0 atom stereocenters. The quantitative estimate of drug-likeness (QED) is 0.505. The third kappa shape index (κ3) is 4.48. The van der Waals surface area contributed by atoms with E-state index in [2.05, 4.69) is 15.8 Å². The van der Waals surface area contributed by atoms with Crippen LogP contribution in [-0.2, 0) is 19.3 Å². The molecule has 0 aromatic heterocycles. The first-order valence-corrected chi connectivity index (χ1v) is 4.84. The van der Waals surface area contributed by atoms with Gasteiger partial charge in [-0.3, -0.25) is 0 Å². The Balaban J connectivity index is 4.22. The SMILES string of the molecule is C=C(C)S(=O)(=O)OOC(C)(C)C. The fraction of sp³-hybridized carbons (Fsp3) is 0.714. The molecule has 0 aliphatic carbocycles. The van der Waals surface area contributed by atoms with Crippen LogP contribution in [-0.4, -0.2) is 14.0 Å².